The van der Waals surface area contributed by atoms with Crippen molar-refractivity contribution < 1.29 is 0 Å². The standard InChI is InChI=1S/C7H15N.C2H6/c1-4-7(2)5-6-8-3;1-2/h8H,2,4-6H2,1,3H3;1-2H3. The maximum atomic E-state index is 3.87. The van der Waals surface area contributed by atoms with Gasteiger partial charge in [-0.15, -0.1) is 0 Å². The fourth-order valence-electron chi connectivity index (χ4n) is 0.479. The quantitative estimate of drug-likeness (QED) is 0.596. The molecule has 0 aliphatic heterocycles. The van der Waals surface area contributed by atoms with Crippen molar-refractivity contribution in [2.75, 3.05) is 13.6 Å². The van der Waals surface area contributed by atoms with Gasteiger partial charge in [-0.2, -0.15) is 0 Å². The molecule has 62 valence electrons. The summed E-state index contributed by atoms with van der Waals surface area (Å²) in [5.74, 6) is 0. The lowest BCUT2D eigenvalue weighted by atomic mass is 10.2. The van der Waals surface area contributed by atoms with E-state index in [1.54, 1.807) is 0 Å². The molecule has 0 aromatic rings. The molecule has 0 fully saturated rings. The average molecular weight is 143 g/mol. The Labute approximate surface area is 65.5 Å². The van der Waals surface area contributed by atoms with E-state index in [1.165, 1.54) is 5.57 Å². The van der Waals surface area contributed by atoms with E-state index in [-0.39, 0.29) is 0 Å². The number of nitrogens with one attached hydrogen (secondary N) is 1. The Morgan fingerprint density at radius 3 is 2.20 bits per heavy atom. The summed E-state index contributed by atoms with van der Waals surface area (Å²) in [5, 5.41) is 3.07. The summed E-state index contributed by atoms with van der Waals surface area (Å²) in [7, 11) is 1.96. The number of hydrogen-bond donors (Lipinski definition) is 1. The van der Waals surface area contributed by atoms with Crippen molar-refractivity contribution >= 4 is 0 Å². The molecule has 0 atom stereocenters. The first kappa shape index (κ1) is 12.4. The van der Waals surface area contributed by atoms with E-state index in [2.05, 4.69) is 18.8 Å². The van der Waals surface area contributed by atoms with Gasteiger partial charge in [0.2, 0.25) is 0 Å². The van der Waals surface area contributed by atoms with E-state index in [0.717, 1.165) is 19.4 Å². The topological polar surface area (TPSA) is 12.0 Å². The fraction of sp³-hybridized carbons (Fsp3) is 0.778. The average Bonchev–Trinajstić information content (AvgIpc) is 2.04. The molecule has 10 heavy (non-hydrogen) atoms. The lowest BCUT2D eigenvalue weighted by Crippen LogP contribution is -2.07. The Kier molecular flexibility index (Phi) is 14.2. The maximum absolute atomic E-state index is 3.87. The summed E-state index contributed by atoms with van der Waals surface area (Å²) in [4.78, 5) is 0. The predicted octanol–water partition coefficient (Wildman–Crippen LogP) is 2.59. The first-order valence-corrected chi connectivity index (χ1v) is 4.12. The van der Waals surface area contributed by atoms with Crippen LogP contribution in [0, 0.1) is 0 Å². The molecular formula is C9H21N. The van der Waals surface area contributed by atoms with Crippen LogP contribution in [0.25, 0.3) is 0 Å². The Morgan fingerprint density at radius 1 is 1.40 bits per heavy atom. The van der Waals surface area contributed by atoms with Crippen LogP contribution in [0.3, 0.4) is 0 Å². The monoisotopic (exact) mass is 143 g/mol. The predicted molar refractivity (Wildman–Crippen MR) is 49.3 cm³/mol. The molecule has 1 nitrogen and oxygen atoms in total. The van der Waals surface area contributed by atoms with Crippen LogP contribution in [-0.2, 0) is 0 Å². The van der Waals surface area contributed by atoms with Crippen molar-refractivity contribution in [2.24, 2.45) is 0 Å². The van der Waals surface area contributed by atoms with Crippen LogP contribution in [0.2, 0.25) is 0 Å². The van der Waals surface area contributed by atoms with Gasteiger partial charge in [-0.1, -0.05) is 32.9 Å². The molecule has 0 aromatic heterocycles. The number of hydrogen-bond acceptors (Lipinski definition) is 1. The molecule has 0 aromatic carbocycles. The largest absolute Gasteiger partial charge is 0.319 e. The van der Waals surface area contributed by atoms with Gasteiger partial charge in [0.15, 0.2) is 0 Å². The third-order valence-electron chi connectivity index (χ3n) is 1.23. The highest BCUT2D eigenvalue weighted by Crippen LogP contribution is 1.99. The maximum Gasteiger partial charge on any atom is -0.00147 e. The summed E-state index contributed by atoms with van der Waals surface area (Å²) in [5.41, 5.74) is 1.33. The smallest absolute Gasteiger partial charge is 0.00147 e. The minimum Gasteiger partial charge on any atom is -0.319 e. The molecule has 0 saturated heterocycles. The third-order valence-corrected chi connectivity index (χ3v) is 1.23. The molecule has 1 N–H and O–H groups in total. The van der Waals surface area contributed by atoms with Gasteiger partial charge in [0.05, 0.1) is 0 Å². The van der Waals surface area contributed by atoms with Crippen LogP contribution in [-0.4, -0.2) is 13.6 Å². The van der Waals surface area contributed by atoms with Gasteiger partial charge < -0.3 is 5.32 Å². The van der Waals surface area contributed by atoms with Crippen molar-refractivity contribution in [3.05, 3.63) is 12.2 Å². The van der Waals surface area contributed by atoms with Crippen molar-refractivity contribution in [3.63, 3.8) is 0 Å². The zero-order chi connectivity index (χ0) is 8.41. The van der Waals surface area contributed by atoms with Gasteiger partial charge in [-0.25, -0.2) is 0 Å². The first-order valence-electron chi connectivity index (χ1n) is 4.12. The van der Waals surface area contributed by atoms with E-state index in [0.29, 0.717) is 0 Å². The van der Waals surface area contributed by atoms with E-state index >= 15 is 0 Å². The number of rotatable bonds is 4. The van der Waals surface area contributed by atoms with E-state index < -0.39 is 0 Å². The van der Waals surface area contributed by atoms with Crippen molar-refractivity contribution in [1.29, 1.82) is 0 Å². The Morgan fingerprint density at radius 2 is 1.90 bits per heavy atom. The summed E-state index contributed by atoms with van der Waals surface area (Å²) in [6.07, 6.45) is 2.23. The molecule has 0 amide bonds. The fourth-order valence-corrected chi connectivity index (χ4v) is 0.479. The summed E-state index contributed by atoms with van der Waals surface area (Å²) < 4.78 is 0. The van der Waals surface area contributed by atoms with Gasteiger partial charge in [0.1, 0.15) is 0 Å². The molecule has 0 aliphatic rings. The van der Waals surface area contributed by atoms with Crippen LogP contribution < -0.4 is 5.32 Å². The van der Waals surface area contributed by atoms with E-state index in [4.69, 9.17) is 0 Å². The van der Waals surface area contributed by atoms with Crippen LogP contribution in [0.15, 0.2) is 12.2 Å². The second-order valence-corrected chi connectivity index (χ2v) is 1.96. The molecule has 0 aliphatic carbocycles. The van der Waals surface area contributed by atoms with Gasteiger partial charge >= 0.3 is 0 Å². The first-order chi connectivity index (χ1) is 4.81. The molecule has 0 rings (SSSR count). The normalized spacial score (nSPS) is 8.00. The molecule has 1 heteroatoms. The molecule has 0 unspecified atom stereocenters. The lowest BCUT2D eigenvalue weighted by Gasteiger charge is -1.98. The second-order valence-electron chi connectivity index (χ2n) is 1.96. The summed E-state index contributed by atoms with van der Waals surface area (Å²) in [6, 6.07) is 0. The van der Waals surface area contributed by atoms with Crippen LogP contribution in [0.1, 0.15) is 33.6 Å². The third kappa shape index (κ3) is 10.6. The van der Waals surface area contributed by atoms with Crippen molar-refractivity contribution in [1.82, 2.24) is 5.32 Å². The van der Waals surface area contributed by atoms with Crippen molar-refractivity contribution in [3.8, 4) is 0 Å². The molecule has 0 heterocycles. The summed E-state index contributed by atoms with van der Waals surface area (Å²) in [6.45, 7) is 11.1. The van der Waals surface area contributed by atoms with Crippen molar-refractivity contribution in [2.45, 2.75) is 33.6 Å². The highest BCUT2D eigenvalue weighted by molar-refractivity contribution is 4.92. The Hall–Kier alpha value is -0.300. The SMILES string of the molecule is C=C(CC)CCNC.CC. The molecule has 0 bridgehead atoms. The van der Waals surface area contributed by atoms with E-state index in [9.17, 15) is 0 Å². The molecule has 0 radical (unpaired) electrons. The lowest BCUT2D eigenvalue weighted by molar-refractivity contribution is 0.770. The van der Waals surface area contributed by atoms with Gasteiger partial charge in [0.25, 0.3) is 0 Å². The Bertz CT molecular complexity index is 67.1. The van der Waals surface area contributed by atoms with Gasteiger partial charge in [0, 0.05) is 0 Å². The minimum atomic E-state index is 1.06. The van der Waals surface area contributed by atoms with Crippen LogP contribution in [0.4, 0.5) is 0 Å². The highest BCUT2D eigenvalue weighted by atomic mass is 14.8. The zero-order valence-electron chi connectivity index (χ0n) is 7.83. The molecule has 0 spiro atoms. The minimum absolute atomic E-state index is 1.06. The highest BCUT2D eigenvalue weighted by Gasteiger charge is 1.86. The Balaban J connectivity index is 0. The zero-order valence-corrected chi connectivity index (χ0v) is 7.83. The second kappa shape index (κ2) is 11.5. The van der Waals surface area contributed by atoms with Crippen LogP contribution in [0.5, 0.6) is 0 Å². The summed E-state index contributed by atoms with van der Waals surface area (Å²) >= 11 is 0. The van der Waals surface area contributed by atoms with Crippen LogP contribution >= 0.6 is 0 Å². The molecular weight excluding hydrogens is 122 g/mol. The molecule has 0 saturated carbocycles. The van der Waals surface area contributed by atoms with Gasteiger partial charge in [-0.3, -0.25) is 0 Å². The van der Waals surface area contributed by atoms with E-state index in [1.807, 2.05) is 20.9 Å². The van der Waals surface area contributed by atoms with Gasteiger partial charge in [-0.05, 0) is 26.4 Å².